The van der Waals surface area contributed by atoms with Gasteiger partial charge in [-0.2, -0.15) is 0 Å². The molecule has 2 aromatic carbocycles. The van der Waals surface area contributed by atoms with Gasteiger partial charge in [0.1, 0.15) is 19.0 Å². The molecule has 3 nitrogen and oxygen atoms in total. The van der Waals surface area contributed by atoms with Gasteiger partial charge in [-0.3, -0.25) is 0 Å². The molecule has 0 bridgehead atoms. The van der Waals surface area contributed by atoms with E-state index in [-0.39, 0.29) is 0 Å². The number of fused-ring (bicyclic) bond motifs is 1. The maximum absolute atomic E-state index is 5.53. The molecule has 3 rings (SSSR count). The van der Waals surface area contributed by atoms with Crippen LogP contribution in [0.2, 0.25) is 0 Å². The highest BCUT2D eigenvalue weighted by molar-refractivity contribution is 5.40. The third-order valence-electron chi connectivity index (χ3n) is 3.49. The fraction of sp³-hybridized carbons (Fsp3) is 0.300. The first-order valence-electron chi connectivity index (χ1n) is 7.93. The monoisotopic (exact) mass is 312 g/mol. The zero-order valence-corrected chi connectivity index (χ0v) is 14.0. The lowest BCUT2D eigenvalue weighted by Gasteiger charge is -2.17. The second-order valence-electron chi connectivity index (χ2n) is 5.34. The summed E-state index contributed by atoms with van der Waals surface area (Å²) < 4.78 is 16.1. The van der Waals surface area contributed by atoms with E-state index in [0.717, 1.165) is 23.7 Å². The van der Waals surface area contributed by atoms with Crippen molar-refractivity contribution in [1.29, 1.82) is 0 Å². The second kappa shape index (κ2) is 8.89. The standard InChI is InChI=1S/C12H16O.C8H8O2/c1-4-10(2)9-13-12-8-6-5-7-11(12)3;1-2-4-8-7(3-1)9-5-6-10-8/h5-9H,4H2,1-3H3;1-4H,5-6H2. The molecule has 0 aromatic heterocycles. The molecule has 1 aliphatic rings. The van der Waals surface area contributed by atoms with Gasteiger partial charge in [-0.1, -0.05) is 37.3 Å². The van der Waals surface area contributed by atoms with Gasteiger partial charge < -0.3 is 14.2 Å². The molecule has 0 fully saturated rings. The summed E-state index contributed by atoms with van der Waals surface area (Å²) in [4.78, 5) is 0. The molecule has 0 aliphatic carbocycles. The number of aryl methyl sites for hydroxylation is 1. The molecular weight excluding hydrogens is 288 g/mol. The molecule has 0 saturated heterocycles. The molecule has 0 N–H and O–H groups in total. The summed E-state index contributed by atoms with van der Waals surface area (Å²) in [5, 5.41) is 0. The zero-order valence-electron chi connectivity index (χ0n) is 14.0. The van der Waals surface area contributed by atoms with Crippen LogP contribution >= 0.6 is 0 Å². The summed E-state index contributed by atoms with van der Waals surface area (Å²) in [5.41, 5.74) is 2.42. The Labute approximate surface area is 138 Å². The molecule has 1 heterocycles. The lowest BCUT2D eigenvalue weighted by molar-refractivity contribution is 0.171. The van der Waals surface area contributed by atoms with Gasteiger partial charge >= 0.3 is 0 Å². The second-order valence-corrected chi connectivity index (χ2v) is 5.34. The molecule has 122 valence electrons. The van der Waals surface area contributed by atoms with Crippen LogP contribution in [0.3, 0.4) is 0 Å². The van der Waals surface area contributed by atoms with Crippen molar-refractivity contribution in [3.05, 3.63) is 65.9 Å². The minimum atomic E-state index is 0.664. The number of ether oxygens (including phenoxy) is 3. The van der Waals surface area contributed by atoms with E-state index < -0.39 is 0 Å². The number of hydrogen-bond donors (Lipinski definition) is 0. The molecule has 0 saturated carbocycles. The molecule has 0 unspecified atom stereocenters. The molecule has 2 aromatic rings. The topological polar surface area (TPSA) is 27.7 Å². The van der Waals surface area contributed by atoms with Crippen LogP contribution in [0.5, 0.6) is 17.2 Å². The predicted molar refractivity (Wildman–Crippen MR) is 93.3 cm³/mol. The summed E-state index contributed by atoms with van der Waals surface area (Å²) in [5.74, 6) is 2.65. The Kier molecular flexibility index (Phi) is 6.55. The Hall–Kier alpha value is -2.42. The SMILES string of the molecule is CCC(C)=COc1ccccc1C.c1ccc2c(c1)OCCO2. The lowest BCUT2D eigenvalue weighted by atomic mass is 10.2. The molecule has 0 amide bonds. The summed E-state index contributed by atoms with van der Waals surface area (Å²) in [6, 6.07) is 15.7. The molecule has 0 radical (unpaired) electrons. The van der Waals surface area contributed by atoms with Gasteiger partial charge in [-0.25, -0.2) is 0 Å². The third-order valence-corrected chi connectivity index (χ3v) is 3.49. The van der Waals surface area contributed by atoms with Gasteiger partial charge in [-0.05, 0) is 49.6 Å². The Morgan fingerprint density at radius 3 is 2.13 bits per heavy atom. The van der Waals surface area contributed by atoms with E-state index in [2.05, 4.69) is 13.8 Å². The van der Waals surface area contributed by atoms with Crippen molar-refractivity contribution in [1.82, 2.24) is 0 Å². The highest BCUT2D eigenvalue weighted by Crippen LogP contribution is 2.28. The van der Waals surface area contributed by atoms with E-state index in [0.29, 0.717) is 13.2 Å². The molecular formula is C20H24O3. The van der Waals surface area contributed by atoms with Gasteiger partial charge in [0, 0.05) is 0 Å². The number of hydrogen-bond acceptors (Lipinski definition) is 3. The van der Waals surface area contributed by atoms with Crippen LogP contribution in [0, 0.1) is 6.92 Å². The normalized spacial score (nSPS) is 12.9. The van der Waals surface area contributed by atoms with E-state index in [1.54, 1.807) is 0 Å². The van der Waals surface area contributed by atoms with Crippen LogP contribution in [0.4, 0.5) is 0 Å². The molecule has 0 atom stereocenters. The number of para-hydroxylation sites is 3. The average molecular weight is 312 g/mol. The highest BCUT2D eigenvalue weighted by Gasteiger charge is 2.07. The first-order valence-corrected chi connectivity index (χ1v) is 7.93. The minimum absolute atomic E-state index is 0.664. The van der Waals surface area contributed by atoms with Crippen molar-refractivity contribution < 1.29 is 14.2 Å². The summed E-state index contributed by atoms with van der Waals surface area (Å²) in [7, 11) is 0. The first kappa shape index (κ1) is 16.9. The van der Waals surface area contributed by atoms with Crippen LogP contribution in [0.1, 0.15) is 25.8 Å². The van der Waals surface area contributed by atoms with Crippen molar-refractivity contribution >= 4 is 0 Å². The maximum Gasteiger partial charge on any atom is 0.161 e. The van der Waals surface area contributed by atoms with Gasteiger partial charge in [0.25, 0.3) is 0 Å². The van der Waals surface area contributed by atoms with E-state index in [1.165, 1.54) is 11.1 Å². The summed E-state index contributed by atoms with van der Waals surface area (Å²) in [6.07, 6.45) is 2.86. The molecule has 1 aliphatic heterocycles. The van der Waals surface area contributed by atoms with E-state index in [4.69, 9.17) is 14.2 Å². The lowest BCUT2D eigenvalue weighted by Crippen LogP contribution is -2.14. The molecule has 23 heavy (non-hydrogen) atoms. The van der Waals surface area contributed by atoms with Crippen LogP contribution < -0.4 is 14.2 Å². The number of benzene rings is 2. The van der Waals surface area contributed by atoms with Gasteiger partial charge in [0.2, 0.25) is 0 Å². The Balaban J connectivity index is 0.000000172. The highest BCUT2D eigenvalue weighted by atomic mass is 16.6. The predicted octanol–water partition coefficient (Wildman–Crippen LogP) is 5.15. The van der Waals surface area contributed by atoms with Gasteiger partial charge in [0.05, 0.1) is 6.26 Å². The minimum Gasteiger partial charge on any atom is -0.486 e. The van der Waals surface area contributed by atoms with Crippen molar-refractivity contribution in [3.8, 4) is 17.2 Å². The van der Waals surface area contributed by atoms with Crippen LogP contribution in [0.15, 0.2) is 60.4 Å². The maximum atomic E-state index is 5.53. The fourth-order valence-corrected chi connectivity index (χ4v) is 1.93. The van der Waals surface area contributed by atoms with Crippen molar-refractivity contribution in [2.45, 2.75) is 27.2 Å². The third kappa shape index (κ3) is 5.37. The zero-order chi connectivity index (χ0) is 16.5. The first-order chi connectivity index (χ1) is 11.2. The Morgan fingerprint density at radius 2 is 1.57 bits per heavy atom. The van der Waals surface area contributed by atoms with E-state index in [1.807, 2.05) is 61.7 Å². The largest absolute Gasteiger partial charge is 0.486 e. The summed E-state index contributed by atoms with van der Waals surface area (Å²) >= 11 is 0. The number of allylic oxidation sites excluding steroid dienone is 1. The number of rotatable bonds is 3. The Morgan fingerprint density at radius 1 is 1.00 bits per heavy atom. The average Bonchev–Trinajstić information content (AvgIpc) is 2.61. The van der Waals surface area contributed by atoms with E-state index in [9.17, 15) is 0 Å². The van der Waals surface area contributed by atoms with Crippen molar-refractivity contribution in [3.63, 3.8) is 0 Å². The summed E-state index contributed by atoms with van der Waals surface area (Å²) in [6.45, 7) is 7.56. The van der Waals surface area contributed by atoms with E-state index >= 15 is 0 Å². The molecule has 3 heteroatoms. The van der Waals surface area contributed by atoms with Crippen LogP contribution in [-0.2, 0) is 0 Å². The molecule has 0 spiro atoms. The van der Waals surface area contributed by atoms with Crippen molar-refractivity contribution in [2.75, 3.05) is 13.2 Å². The Bertz CT molecular complexity index is 622. The van der Waals surface area contributed by atoms with Gasteiger partial charge in [0.15, 0.2) is 11.5 Å². The van der Waals surface area contributed by atoms with Crippen LogP contribution in [-0.4, -0.2) is 13.2 Å². The van der Waals surface area contributed by atoms with Crippen molar-refractivity contribution in [2.24, 2.45) is 0 Å². The van der Waals surface area contributed by atoms with Gasteiger partial charge in [-0.15, -0.1) is 0 Å². The smallest absolute Gasteiger partial charge is 0.161 e. The quantitative estimate of drug-likeness (QED) is 0.734. The fourth-order valence-electron chi connectivity index (χ4n) is 1.93. The van der Waals surface area contributed by atoms with Crippen LogP contribution in [0.25, 0.3) is 0 Å².